The lowest BCUT2D eigenvalue weighted by Crippen LogP contribution is -2.50. The van der Waals surface area contributed by atoms with Crippen LogP contribution in [0.3, 0.4) is 0 Å². The van der Waals surface area contributed by atoms with E-state index < -0.39 is 0 Å². The first-order valence-corrected chi connectivity index (χ1v) is 6.96. The summed E-state index contributed by atoms with van der Waals surface area (Å²) in [6.45, 7) is 0.348. The van der Waals surface area contributed by atoms with Crippen molar-refractivity contribution in [3.63, 3.8) is 0 Å². The SMILES string of the molecule is CO[C@@H]1CCCC[C@@H]1NC(=O)NC[C@H](O)C1CC1. The van der Waals surface area contributed by atoms with Crippen molar-refractivity contribution in [3.8, 4) is 0 Å². The Morgan fingerprint density at radius 2 is 2.06 bits per heavy atom. The number of carbonyl (C=O) groups is 1. The topological polar surface area (TPSA) is 70.6 Å². The van der Waals surface area contributed by atoms with Crippen molar-refractivity contribution in [2.24, 2.45) is 5.92 Å². The molecule has 2 saturated carbocycles. The molecule has 18 heavy (non-hydrogen) atoms. The van der Waals surface area contributed by atoms with Crippen LogP contribution in [0.5, 0.6) is 0 Å². The van der Waals surface area contributed by atoms with Crippen LogP contribution in [-0.4, -0.2) is 43.0 Å². The van der Waals surface area contributed by atoms with Crippen LogP contribution in [0.25, 0.3) is 0 Å². The molecule has 0 radical (unpaired) electrons. The number of nitrogens with one attached hydrogen (secondary N) is 2. The predicted octanol–water partition coefficient (Wildman–Crippen LogP) is 1.01. The number of urea groups is 1. The Labute approximate surface area is 108 Å². The van der Waals surface area contributed by atoms with E-state index >= 15 is 0 Å². The maximum absolute atomic E-state index is 11.7. The van der Waals surface area contributed by atoms with Crippen molar-refractivity contribution >= 4 is 6.03 Å². The van der Waals surface area contributed by atoms with Crippen LogP contribution in [0.1, 0.15) is 38.5 Å². The van der Waals surface area contributed by atoms with Crippen LogP contribution in [0.4, 0.5) is 4.79 Å². The second-order valence-electron chi connectivity index (χ2n) is 5.42. The Morgan fingerprint density at radius 1 is 1.33 bits per heavy atom. The highest BCUT2D eigenvalue weighted by Gasteiger charge is 2.30. The third kappa shape index (κ3) is 3.85. The molecule has 2 fully saturated rings. The van der Waals surface area contributed by atoms with Gasteiger partial charge in [-0.2, -0.15) is 0 Å². The molecule has 2 amide bonds. The maximum atomic E-state index is 11.7. The van der Waals surface area contributed by atoms with Gasteiger partial charge in [0.05, 0.1) is 18.2 Å². The number of hydrogen-bond donors (Lipinski definition) is 3. The molecule has 0 aromatic heterocycles. The van der Waals surface area contributed by atoms with Crippen molar-refractivity contribution in [1.29, 1.82) is 0 Å². The molecule has 0 aromatic carbocycles. The smallest absolute Gasteiger partial charge is 0.315 e. The van der Waals surface area contributed by atoms with Gasteiger partial charge in [0.15, 0.2) is 0 Å². The van der Waals surface area contributed by atoms with Gasteiger partial charge in [-0.3, -0.25) is 0 Å². The number of amides is 2. The Kier molecular flexibility index (Phi) is 4.83. The summed E-state index contributed by atoms with van der Waals surface area (Å²) in [6.07, 6.45) is 6.17. The molecule has 2 aliphatic rings. The maximum Gasteiger partial charge on any atom is 0.315 e. The van der Waals surface area contributed by atoms with Crippen molar-refractivity contribution in [2.75, 3.05) is 13.7 Å². The van der Waals surface area contributed by atoms with Crippen LogP contribution in [0, 0.1) is 5.92 Å². The Bertz CT molecular complexity index is 281. The summed E-state index contributed by atoms with van der Waals surface area (Å²) in [5.74, 6) is 0.395. The van der Waals surface area contributed by atoms with E-state index in [1.165, 1.54) is 6.42 Å². The normalized spacial score (nSPS) is 29.7. The third-order valence-electron chi connectivity index (χ3n) is 3.96. The Hall–Kier alpha value is -0.810. The fourth-order valence-electron chi connectivity index (χ4n) is 2.61. The minimum Gasteiger partial charge on any atom is -0.391 e. The Morgan fingerprint density at radius 3 is 2.72 bits per heavy atom. The van der Waals surface area contributed by atoms with E-state index in [1.54, 1.807) is 7.11 Å². The second kappa shape index (κ2) is 6.38. The van der Waals surface area contributed by atoms with Gasteiger partial charge < -0.3 is 20.5 Å². The van der Waals surface area contributed by atoms with Gasteiger partial charge in [-0.05, 0) is 31.6 Å². The molecule has 2 aliphatic carbocycles. The lowest BCUT2D eigenvalue weighted by molar-refractivity contribution is 0.0449. The zero-order valence-corrected chi connectivity index (χ0v) is 11.0. The monoisotopic (exact) mass is 256 g/mol. The minimum absolute atomic E-state index is 0.0989. The highest BCUT2D eigenvalue weighted by Crippen LogP contribution is 2.32. The van der Waals surface area contributed by atoms with E-state index in [1.807, 2.05) is 0 Å². The largest absolute Gasteiger partial charge is 0.391 e. The first-order valence-electron chi connectivity index (χ1n) is 6.96. The number of aliphatic hydroxyl groups excluding tert-OH is 1. The second-order valence-corrected chi connectivity index (χ2v) is 5.42. The van der Waals surface area contributed by atoms with Crippen molar-refractivity contribution in [2.45, 2.75) is 56.8 Å². The summed E-state index contributed by atoms with van der Waals surface area (Å²) in [4.78, 5) is 11.7. The number of carbonyl (C=O) groups excluding carboxylic acids is 1. The van der Waals surface area contributed by atoms with E-state index in [2.05, 4.69) is 10.6 Å². The summed E-state index contributed by atoms with van der Waals surface area (Å²) in [6, 6.07) is -0.0922. The summed E-state index contributed by atoms with van der Waals surface area (Å²) in [7, 11) is 1.69. The average Bonchev–Trinajstić information content (AvgIpc) is 3.21. The number of ether oxygens (including phenoxy) is 1. The lowest BCUT2D eigenvalue weighted by Gasteiger charge is -2.31. The minimum atomic E-state index is -0.389. The van der Waals surface area contributed by atoms with E-state index in [0.29, 0.717) is 12.5 Å². The van der Waals surface area contributed by atoms with E-state index in [4.69, 9.17) is 4.74 Å². The van der Waals surface area contributed by atoms with Gasteiger partial charge in [-0.25, -0.2) is 4.79 Å². The van der Waals surface area contributed by atoms with Crippen LogP contribution >= 0.6 is 0 Å². The quantitative estimate of drug-likeness (QED) is 0.687. The van der Waals surface area contributed by atoms with E-state index in [0.717, 1.165) is 32.1 Å². The molecule has 0 aliphatic heterocycles. The first-order chi connectivity index (χ1) is 8.70. The zero-order valence-electron chi connectivity index (χ0n) is 11.0. The third-order valence-corrected chi connectivity index (χ3v) is 3.96. The molecular formula is C13H24N2O3. The number of hydrogen-bond acceptors (Lipinski definition) is 3. The van der Waals surface area contributed by atoms with Crippen molar-refractivity contribution < 1.29 is 14.6 Å². The molecule has 0 spiro atoms. The molecule has 0 heterocycles. The summed E-state index contributed by atoms with van der Waals surface area (Å²) >= 11 is 0. The molecule has 0 unspecified atom stereocenters. The fourth-order valence-corrected chi connectivity index (χ4v) is 2.61. The van der Waals surface area contributed by atoms with Gasteiger partial charge >= 0.3 is 6.03 Å². The van der Waals surface area contributed by atoms with Crippen LogP contribution < -0.4 is 10.6 Å². The molecule has 0 aromatic rings. The molecule has 3 N–H and O–H groups in total. The van der Waals surface area contributed by atoms with Crippen molar-refractivity contribution in [1.82, 2.24) is 10.6 Å². The Balaban J connectivity index is 1.68. The summed E-state index contributed by atoms with van der Waals surface area (Å²) in [5.41, 5.74) is 0. The van der Waals surface area contributed by atoms with Crippen molar-refractivity contribution in [3.05, 3.63) is 0 Å². The van der Waals surface area contributed by atoms with Gasteiger partial charge in [0.2, 0.25) is 0 Å². The van der Waals surface area contributed by atoms with Crippen LogP contribution in [0.2, 0.25) is 0 Å². The van der Waals surface area contributed by atoms with Crippen LogP contribution in [0.15, 0.2) is 0 Å². The van der Waals surface area contributed by atoms with E-state index in [-0.39, 0.29) is 24.3 Å². The predicted molar refractivity (Wildman–Crippen MR) is 68.3 cm³/mol. The number of methoxy groups -OCH3 is 1. The fraction of sp³-hybridized carbons (Fsp3) is 0.923. The molecule has 0 saturated heterocycles. The number of aliphatic hydroxyl groups is 1. The van der Waals surface area contributed by atoms with Crippen LogP contribution in [-0.2, 0) is 4.74 Å². The zero-order chi connectivity index (χ0) is 13.0. The molecule has 3 atom stereocenters. The molecule has 2 rings (SSSR count). The van der Waals surface area contributed by atoms with Gasteiger partial charge in [-0.1, -0.05) is 12.8 Å². The van der Waals surface area contributed by atoms with Gasteiger partial charge in [-0.15, -0.1) is 0 Å². The molecule has 104 valence electrons. The highest BCUT2D eigenvalue weighted by atomic mass is 16.5. The van der Waals surface area contributed by atoms with Gasteiger partial charge in [0, 0.05) is 13.7 Å². The summed E-state index contributed by atoms with van der Waals surface area (Å²) in [5, 5.41) is 15.4. The van der Waals surface area contributed by atoms with E-state index in [9.17, 15) is 9.90 Å². The summed E-state index contributed by atoms with van der Waals surface area (Å²) < 4.78 is 5.39. The average molecular weight is 256 g/mol. The molecule has 5 nitrogen and oxygen atoms in total. The van der Waals surface area contributed by atoms with Gasteiger partial charge in [0.25, 0.3) is 0 Å². The first kappa shape index (κ1) is 13.6. The highest BCUT2D eigenvalue weighted by molar-refractivity contribution is 5.74. The number of rotatable bonds is 5. The van der Waals surface area contributed by atoms with Gasteiger partial charge in [0.1, 0.15) is 0 Å². The molecule has 0 bridgehead atoms. The standard InChI is InChI=1S/C13H24N2O3/c1-18-12-5-3-2-4-10(12)15-13(17)14-8-11(16)9-6-7-9/h9-12,16H,2-8H2,1H3,(H2,14,15,17)/t10-,11-,12+/m0/s1. The molecule has 5 heteroatoms. The molecular weight excluding hydrogens is 232 g/mol. The lowest BCUT2D eigenvalue weighted by atomic mass is 9.92.